The average molecular weight is 382 g/mol. The molecule has 4 nitrogen and oxygen atoms in total. The molecule has 0 amide bonds. The molecule has 0 saturated carbocycles. The van der Waals surface area contributed by atoms with Gasteiger partial charge in [-0.2, -0.15) is 0 Å². The standard InChI is InChI=1S/C20H25ClFNO3/c1-2-25-19-12-16(13-23-9-3-4-10-24)11-18(21)20(19)26-14-15-5-7-17(22)8-6-15/h5-8,11-12,23-24H,2-4,9-10,13-14H2,1H3. The number of nitrogens with one attached hydrogen (secondary N) is 1. The predicted molar refractivity (Wildman–Crippen MR) is 101 cm³/mol. The van der Waals surface area contributed by atoms with Gasteiger partial charge in [-0.15, -0.1) is 0 Å². The topological polar surface area (TPSA) is 50.7 Å². The van der Waals surface area contributed by atoms with Gasteiger partial charge < -0.3 is 19.9 Å². The van der Waals surface area contributed by atoms with Crippen LogP contribution in [0.4, 0.5) is 4.39 Å². The highest BCUT2D eigenvalue weighted by molar-refractivity contribution is 6.32. The van der Waals surface area contributed by atoms with Crippen LogP contribution in [0.25, 0.3) is 0 Å². The Kier molecular flexibility index (Phi) is 8.68. The number of rotatable bonds is 11. The van der Waals surface area contributed by atoms with Crippen molar-refractivity contribution < 1.29 is 19.0 Å². The van der Waals surface area contributed by atoms with Gasteiger partial charge in [0.1, 0.15) is 12.4 Å². The third kappa shape index (κ3) is 6.48. The summed E-state index contributed by atoms with van der Waals surface area (Å²) >= 11 is 6.40. The lowest BCUT2D eigenvalue weighted by Crippen LogP contribution is -2.15. The van der Waals surface area contributed by atoms with E-state index >= 15 is 0 Å². The second-order valence-electron chi connectivity index (χ2n) is 5.86. The van der Waals surface area contributed by atoms with Gasteiger partial charge in [0.15, 0.2) is 11.5 Å². The second-order valence-corrected chi connectivity index (χ2v) is 6.27. The van der Waals surface area contributed by atoms with Crippen LogP contribution < -0.4 is 14.8 Å². The Bertz CT molecular complexity index is 680. The molecule has 0 heterocycles. The molecule has 0 aliphatic carbocycles. The molecule has 0 bridgehead atoms. The Labute approximate surface area is 158 Å². The average Bonchev–Trinajstić information content (AvgIpc) is 2.62. The molecule has 0 aromatic heterocycles. The minimum Gasteiger partial charge on any atom is -0.490 e. The van der Waals surface area contributed by atoms with Crippen molar-refractivity contribution in [3.8, 4) is 11.5 Å². The SMILES string of the molecule is CCOc1cc(CNCCCCO)cc(Cl)c1OCc1ccc(F)cc1. The maximum Gasteiger partial charge on any atom is 0.180 e. The lowest BCUT2D eigenvalue weighted by Gasteiger charge is -2.16. The zero-order valence-electron chi connectivity index (χ0n) is 14.9. The molecule has 0 atom stereocenters. The fourth-order valence-electron chi connectivity index (χ4n) is 2.46. The van der Waals surface area contributed by atoms with Crippen LogP contribution in [0.2, 0.25) is 5.02 Å². The first-order chi connectivity index (χ1) is 12.6. The van der Waals surface area contributed by atoms with Crippen molar-refractivity contribution in [1.29, 1.82) is 0 Å². The van der Waals surface area contributed by atoms with Crippen LogP contribution in [-0.4, -0.2) is 24.9 Å². The fraction of sp³-hybridized carbons (Fsp3) is 0.400. The molecule has 26 heavy (non-hydrogen) atoms. The van der Waals surface area contributed by atoms with Crippen molar-refractivity contribution >= 4 is 11.6 Å². The summed E-state index contributed by atoms with van der Waals surface area (Å²) in [5.74, 6) is 0.800. The molecule has 0 unspecified atom stereocenters. The van der Waals surface area contributed by atoms with Crippen molar-refractivity contribution in [2.24, 2.45) is 0 Å². The third-order valence-corrected chi connectivity index (χ3v) is 4.04. The Balaban J connectivity index is 2.03. The van der Waals surface area contributed by atoms with E-state index in [0.717, 1.165) is 30.5 Å². The number of halogens is 2. The lowest BCUT2D eigenvalue weighted by molar-refractivity contribution is 0.269. The number of hydrogen-bond acceptors (Lipinski definition) is 4. The summed E-state index contributed by atoms with van der Waals surface area (Å²) in [4.78, 5) is 0. The molecular formula is C20H25ClFNO3. The lowest BCUT2D eigenvalue weighted by atomic mass is 10.2. The second kappa shape index (κ2) is 11.0. The van der Waals surface area contributed by atoms with Gasteiger partial charge in [0.05, 0.1) is 11.6 Å². The van der Waals surface area contributed by atoms with E-state index < -0.39 is 0 Å². The Hall–Kier alpha value is -1.82. The zero-order valence-corrected chi connectivity index (χ0v) is 15.7. The van der Waals surface area contributed by atoms with Gasteiger partial charge in [0, 0.05) is 13.2 Å². The summed E-state index contributed by atoms with van der Waals surface area (Å²) in [5.41, 5.74) is 1.84. The van der Waals surface area contributed by atoms with E-state index in [1.165, 1.54) is 12.1 Å². The van der Waals surface area contributed by atoms with Gasteiger partial charge in [0.2, 0.25) is 0 Å². The van der Waals surface area contributed by atoms with Crippen LogP contribution in [0.5, 0.6) is 11.5 Å². The molecule has 0 saturated heterocycles. The first kappa shape index (κ1) is 20.5. The van der Waals surface area contributed by atoms with Crippen LogP contribution in [-0.2, 0) is 13.2 Å². The quantitative estimate of drug-likeness (QED) is 0.569. The van der Waals surface area contributed by atoms with Crippen molar-refractivity contribution in [1.82, 2.24) is 5.32 Å². The number of aliphatic hydroxyl groups is 1. The van der Waals surface area contributed by atoms with Gasteiger partial charge in [0.25, 0.3) is 0 Å². The number of aliphatic hydroxyl groups excluding tert-OH is 1. The van der Waals surface area contributed by atoms with Crippen LogP contribution in [0, 0.1) is 5.82 Å². The fourth-order valence-corrected chi connectivity index (χ4v) is 2.74. The van der Waals surface area contributed by atoms with Gasteiger partial charge in [-0.1, -0.05) is 23.7 Å². The normalized spacial score (nSPS) is 10.8. The summed E-state index contributed by atoms with van der Waals surface area (Å²) in [7, 11) is 0. The first-order valence-corrected chi connectivity index (χ1v) is 9.16. The van der Waals surface area contributed by atoms with E-state index in [1.807, 2.05) is 19.1 Å². The summed E-state index contributed by atoms with van der Waals surface area (Å²) in [6.45, 7) is 4.36. The molecule has 142 valence electrons. The largest absolute Gasteiger partial charge is 0.490 e. The van der Waals surface area contributed by atoms with E-state index in [-0.39, 0.29) is 19.0 Å². The van der Waals surface area contributed by atoms with E-state index in [1.54, 1.807) is 12.1 Å². The summed E-state index contributed by atoms with van der Waals surface area (Å²) in [5, 5.41) is 12.6. The predicted octanol–water partition coefficient (Wildman–Crippen LogP) is 4.32. The highest BCUT2D eigenvalue weighted by atomic mass is 35.5. The highest BCUT2D eigenvalue weighted by Crippen LogP contribution is 2.37. The number of ether oxygens (including phenoxy) is 2. The van der Waals surface area contributed by atoms with Crippen LogP contribution >= 0.6 is 11.6 Å². The highest BCUT2D eigenvalue weighted by Gasteiger charge is 2.13. The van der Waals surface area contributed by atoms with Gasteiger partial charge in [-0.05, 0) is 61.7 Å². The van der Waals surface area contributed by atoms with Crippen LogP contribution in [0.1, 0.15) is 30.9 Å². The van der Waals surface area contributed by atoms with Gasteiger partial charge in [-0.3, -0.25) is 0 Å². The Morgan fingerprint density at radius 1 is 1.08 bits per heavy atom. The minimum atomic E-state index is -0.280. The smallest absolute Gasteiger partial charge is 0.180 e. The molecular weight excluding hydrogens is 357 g/mol. The Morgan fingerprint density at radius 3 is 2.54 bits per heavy atom. The molecule has 6 heteroatoms. The van der Waals surface area contributed by atoms with Crippen molar-refractivity contribution in [2.75, 3.05) is 19.8 Å². The molecule has 0 aliphatic rings. The van der Waals surface area contributed by atoms with Crippen molar-refractivity contribution in [3.05, 3.63) is 58.4 Å². The monoisotopic (exact) mass is 381 g/mol. The van der Waals surface area contributed by atoms with Crippen LogP contribution in [0.3, 0.4) is 0 Å². The molecule has 2 N–H and O–H groups in total. The maximum absolute atomic E-state index is 13.0. The molecule has 2 aromatic carbocycles. The summed E-state index contributed by atoms with van der Waals surface area (Å²) < 4.78 is 24.5. The summed E-state index contributed by atoms with van der Waals surface area (Å²) in [6.07, 6.45) is 1.70. The van der Waals surface area contributed by atoms with E-state index in [0.29, 0.717) is 29.7 Å². The summed E-state index contributed by atoms with van der Waals surface area (Å²) in [6, 6.07) is 9.91. The minimum absolute atomic E-state index is 0.210. The number of unbranched alkanes of at least 4 members (excludes halogenated alkanes) is 1. The van der Waals surface area contributed by atoms with Gasteiger partial charge >= 0.3 is 0 Å². The first-order valence-electron chi connectivity index (χ1n) is 8.78. The molecule has 2 rings (SSSR count). The number of benzene rings is 2. The van der Waals surface area contributed by atoms with Gasteiger partial charge in [-0.25, -0.2) is 4.39 Å². The Morgan fingerprint density at radius 2 is 1.85 bits per heavy atom. The molecule has 2 aromatic rings. The van der Waals surface area contributed by atoms with E-state index in [2.05, 4.69) is 5.32 Å². The van der Waals surface area contributed by atoms with Crippen molar-refractivity contribution in [3.63, 3.8) is 0 Å². The molecule has 0 radical (unpaired) electrons. The number of hydrogen-bond donors (Lipinski definition) is 2. The van der Waals surface area contributed by atoms with E-state index in [9.17, 15) is 4.39 Å². The molecule has 0 fully saturated rings. The molecule has 0 spiro atoms. The van der Waals surface area contributed by atoms with Crippen molar-refractivity contribution in [2.45, 2.75) is 32.9 Å². The third-order valence-electron chi connectivity index (χ3n) is 3.76. The van der Waals surface area contributed by atoms with E-state index in [4.69, 9.17) is 26.2 Å². The maximum atomic E-state index is 13.0. The van der Waals surface area contributed by atoms with Crippen LogP contribution in [0.15, 0.2) is 36.4 Å². The zero-order chi connectivity index (χ0) is 18.8. The molecule has 0 aliphatic heterocycles.